The number of carbonyl (C=O) groups is 2. The Morgan fingerprint density at radius 2 is 2.09 bits per heavy atom. The number of hydrazone groups is 1. The average molecular weight is 318 g/mol. The van der Waals surface area contributed by atoms with Gasteiger partial charge in [0.15, 0.2) is 0 Å². The van der Waals surface area contributed by atoms with E-state index in [1.807, 2.05) is 5.32 Å². The van der Waals surface area contributed by atoms with Crippen LogP contribution in [-0.4, -0.2) is 34.6 Å². The first kappa shape index (κ1) is 10.3. The summed E-state index contributed by atoms with van der Waals surface area (Å²) in [6.45, 7) is -0.247. The molecule has 9 heteroatoms. The molecule has 0 aliphatic carbocycles. The number of carbonyl (C=O) groups excluding carboxylic acids is 2. The molecule has 0 unspecified atom stereocenters. The Hall–Kier alpha value is -3.49. The Morgan fingerprint density at radius 1 is 1.35 bits per heavy atom. The van der Waals surface area contributed by atoms with Crippen molar-refractivity contribution in [3.8, 4) is 11.3 Å². The molecule has 3 rings (SSSR count). The van der Waals surface area contributed by atoms with Crippen LogP contribution in [0.5, 0.6) is 0 Å². The molecule has 1 aliphatic rings. The molecule has 1 saturated heterocycles. The quantitative estimate of drug-likeness (QED) is 0.398. The van der Waals surface area contributed by atoms with Crippen molar-refractivity contribution >= 4 is 23.8 Å². The van der Waals surface area contributed by atoms with E-state index in [0.29, 0.717) is 0 Å². The second-order valence-corrected chi connectivity index (χ2v) is 4.34. The van der Waals surface area contributed by atoms with Gasteiger partial charge in [0.25, 0.3) is 5.69 Å². The highest BCUT2D eigenvalue weighted by Crippen LogP contribution is 2.24. The van der Waals surface area contributed by atoms with Gasteiger partial charge in [0.1, 0.15) is 18.1 Å². The summed E-state index contributed by atoms with van der Waals surface area (Å²) in [5.74, 6) is -0.468. The maximum Gasteiger partial charge on any atom is 0.344 e. The number of rotatable bonds is 4. The summed E-state index contributed by atoms with van der Waals surface area (Å²) in [6.07, 6.45) is 1.13. The fourth-order valence-corrected chi connectivity index (χ4v) is 1.73. The summed E-state index contributed by atoms with van der Waals surface area (Å²) in [7, 11) is 0. The lowest BCUT2D eigenvalue weighted by atomic mass is 10.1. The number of urea groups is 1. The van der Waals surface area contributed by atoms with Crippen molar-refractivity contribution in [3.63, 3.8) is 0 Å². The molecule has 1 aromatic heterocycles. The Balaban J connectivity index is 1.96. The van der Waals surface area contributed by atoms with E-state index in [2.05, 4.69) is 5.10 Å². The second-order valence-electron chi connectivity index (χ2n) is 4.34. The van der Waals surface area contributed by atoms with Crippen LogP contribution < -0.4 is 5.32 Å². The maximum absolute atomic E-state index is 11.4. The van der Waals surface area contributed by atoms with E-state index in [-0.39, 0.29) is 23.6 Å². The molecular formula is C14H10N4O5. The number of furan rings is 1. The number of hydrogen-bond donors (Lipinski definition) is 1. The number of hydrogen-bond acceptors (Lipinski definition) is 6. The van der Waals surface area contributed by atoms with E-state index < -0.39 is 46.7 Å². The normalized spacial score (nSPS) is 17.0. The molecular weight excluding hydrogens is 304 g/mol. The van der Waals surface area contributed by atoms with Crippen LogP contribution in [-0.2, 0) is 4.79 Å². The zero-order valence-electron chi connectivity index (χ0n) is 15.3. The largest absolute Gasteiger partial charge is 0.455 e. The standard InChI is InChI=1S/C14H10N4O5/c19-13-8-17(14(20)16-13)15-7-11-5-6-12(23-11)9-1-3-10(4-2-9)18(21)22/h1-7H,8H2,(H,16,19,20)/b15-7-/i1D,2D,3D,4D. The molecule has 0 atom stereocenters. The van der Waals surface area contributed by atoms with Crippen LogP contribution in [0.2, 0.25) is 0 Å². The van der Waals surface area contributed by atoms with Crippen molar-refractivity contribution in [2.45, 2.75) is 0 Å². The molecule has 116 valence electrons. The summed E-state index contributed by atoms with van der Waals surface area (Å²) in [5, 5.41) is 17.6. The van der Waals surface area contributed by atoms with Gasteiger partial charge in [0.2, 0.25) is 5.91 Å². The van der Waals surface area contributed by atoms with Crippen LogP contribution in [0.3, 0.4) is 0 Å². The molecule has 1 aliphatic heterocycles. The van der Waals surface area contributed by atoms with Crippen LogP contribution in [0.25, 0.3) is 11.3 Å². The second kappa shape index (κ2) is 5.72. The first-order chi connectivity index (χ1) is 12.7. The van der Waals surface area contributed by atoms with Crippen LogP contribution in [0.4, 0.5) is 10.5 Å². The number of nitrogens with one attached hydrogen (secondary N) is 1. The van der Waals surface area contributed by atoms with Gasteiger partial charge in [0.05, 0.1) is 16.6 Å². The zero-order valence-corrected chi connectivity index (χ0v) is 11.3. The van der Waals surface area contributed by atoms with E-state index in [0.717, 1.165) is 11.2 Å². The first-order valence-corrected chi connectivity index (χ1v) is 6.21. The minimum atomic E-state index is -0.979. The van der Waals surface area contributed by atoms with Gasteiger partial charge in [-0.2, -0.15) is 5.10 Å². The minimum absolute atomic E-state index is 0.0645. The Kier molecular flexibility index (Phi) is 2.55. The van der Waals surface area contributed by atoms with Gasteiger partial charge in [0, 0.05) is 17.6 Å². The summed E-state index contributed by atoms with van der Waals surface area (Å²) < 4.78 is 36.6. The Bertz CT molecular complexity index is 990. The molecule has 0 spiro atoms. The van der Waals surface area contributed by atoms with E-state index in [9.17, 15) is 19.7 Å². The highest BCUT2D eigenvalue weighted by atomic mass is 16.6. The fraction of sp³-hybridized carbons (Fsp3) is 0.0714. The Labute approximate surface area is 135 Å². The summed E-state index contributed by atoms with van der Waals surface area (Å²) in [6, 6.07) is -0.799. The predicted molar refractivity (Wildman–Crippen MR) is 78.6 cm³/mol. The van der Waals surface area contributed by atoms with Crippen LogP contribution in [0.15, 0.2) is 45.8 Å². The highest BCUT2D eigenvalue weighted by molar-refractivity contribution is 6.02. The summed E-state index contributed by atoms with van der Waals surface area (Å²) in [5.41, 5.74) is -1.17. The van der Waals surface area contributed by atoms with Crippen molar-refractivity contribution < 1.29 is 24.4 Å². The van der Waals surface area contributed by atoms with Crippen LogP contribution in [0.1, 0.15) is 11.2 Å². The van der Waals surface area contributed by atoms with Gasteiger partial charge in [-0.05, 0) is 24.2 Å². The van der Waals surface area contributed by atoms with Gasteiger partial charge in [-0.15, -0.1) is 0 Å². The first-order valence-electron chi connectivity index (χ1n) is 8.21. The fourth-order valence-electron chi connectivity index (χ4n) is 1.73. The SMILES string of the molecule is [2H]c1c([2H])c([N+](=O)[O-])c([2H])c([2H])c1-c1ccc(/C=N\N2CC(=O)NC2=O)o1. The Morgan fingerprint density at radius 3 is 2.70 bits per heavy atom. The third-order valence-corrected chi connectivity index (χ3v) is 2.77. The summed E-state index contributed by atoms with van der Waals surface area (Å²) >= 11 is 0. The molecule has 0 bridgehead atoms. The zero-order chi connectivity index (χ0) is 19.9. The number of benzene rings is 1. The van der Waals surface area contributed by atoms with Gasteiger partial charge in [-0.3, -0.25) is 20.2 Å². The van der Waals surface area contributed by atoms with Gasteiger partial charge >= 0.3 is 6.03 Å². The number of amides is 3. The number of nitrogens with zero attached hydrogens (tertiary/aromatic N) is 3. The molecule has 1 aromatic carbocycles. The van der Waals surface area contributed by atoms with Crippen LogP contribution >= 0.6 is 0 Å². The van der Waals surface area contributed by atoms with Gasteiger partial charge in [-0.25, -0.2) is 9.80 Å². The molecule has 2 aromatic rings. The number of imide groups is 1. The molecule has 3 amide bonds. The third kappa shape index (κ3) is 3.07. The van der Waals surface area contributed by atoms with E-state index >= 15 is 0 Å². The maximum atomic E-state index is 11.4. The molecule has 0 radical (unpaired) electrons. The van der Waals surface area contributed by atoms with Crippen molar-refractivity contribution in [2.75, 3.05) is 6.54 Å². The predicted octanol–water partition coefficient (Wildman–Crippen LogP) is 1.74. The van der Waals surface area contributed by atoms with Crippen molar-refractivity contribution in [3.05, 3.63) is 52.2 Å². The average Bonchev–Trinajstić information content (AvgIpc) is 3.17. The molecule has 23 heavy (non-hydrogen) atoms. The molecule has 1 fully saturated rings. The van der Waals surface area contributed by atoms with Crippen LogP contribution in [0, 0.1) is 10.1 Å². The third-order valence-electron chi connectivity index (χ3n) is 2.77. The monoisotopic (exact) mass is 318 g/mol. The molecule has 0 saturated carbocycles. The number of nitro groups is 1. The van der Waals surface area contributed by atoms with E-state index in [1.54, 1.807) is 0 Å². The van der Waals surface area contributed by atoms with Crippen molar-refractivity contribution in [2.24, 2.45) is 5.10 Å². The topological polar surface area (TPSA) is 118 Å². The van der Waals surface area contributed by atoms with Gasteiger partial charge in [-0.1, -0.05) is 0 Å². The minimum Gasteiger partial charge on any atom is -0.455 e. The van der Waals surface area contributed by atoms with E-state index in [1.165, 1.54) is 12.1 Å². The lowest BCUT2D eigenvalue weighted by Gasteiger charge is -2.02. The molecule has 9 nitrogen and oxygen atoms in total. The van der Waals surface area contributed by atoms with Crippen molar-refractivity contribution in [1.29, 1.82) is 0 Å². The smallest absolute Gasteiger partial charge is 0.344 e. The lowest BCUT2D eigenvalue weighted by molar-refractivity contribution is -0.384. The van der Waals surface area contributed by atoms with Crippen molar-refractivity contribution in [1.82, 2.24) is 10.3 Å². The summed E-state index contributed by atoms with van der Waals surface area (Å²) in [4.78, 5) is 32.4. The van der Waals surface area contributed by atoms with E-state index in [4.69, 9.17) is 9.90 Å². The van der Waals surface area contributed by atoms with Gasteiger partial charge < -0.3 is 4.42 Å². The molecule has 1 N–H and O–H groups in total. The highest BCUT2D eigenvalue weighted by Gasteiger charge is 2.26. The lowest BCUT2D eigenvalue weighted by Crippen LogP contribution is -2.24. The number of nitro benzene ring substituents is 1. The molecule has 2 heterocycles.